The van der Waals surface area contributed by atoms with E-state index >= 15 is 13.2 Å². The number of pyridine rings is 2. The lowest BCUT2D eigenvalue weighted by Gasteiger charge is -2.33. The minimum absolute atomic E-state index is 0.0850. The molecule has 3 N–H and O–H groups in total. The van der Waals surface area contributed by atoms with Gasteiger partial charge in [0.2, 0.25) is 23.0 Å². The molecule has 8 bridgehead atoms. The molecule has 0 aliphatic carbocycles. The maximum absolute atomic E-state index is 15.3. The number of alkyl halides is 12. The highest BCUT2D eigenvalue weighted by atomic mass is 19.4. The van der Waals surface area contributed by atoms with E-state index < -0.39 is 205 Å². The Labute approximate surface area is 460 Å². The van der Waals surface area contributed by atoms with Gasteiger partial charge in [0.05, 0.1) is 30.2 Å². The second kappa shape index (κ2) is 23.8. The van der Waals surface area contributed by atoms with E-state index in [-0.39, 0.29) is 11.3 Å². The predicted molar refractivity (Wildman–Crippen MR) is 260 cm³/mol. The number of aliphatic hydroxyl groups is 1. The van der Waals surface area contributed by atoms with E-state index in [4.69, 9.17) is 43.7 Å². The number of ether oxygens (including phenoxy) is 5. The Kier molecular flexibility index (Phi) is 16.9. The van der Waals surface area contributed by atoms with Crippen molar-refractivity contribution in [2.24, 2.45) is 0 Å². The molecule has 6 heterocycles. The fourth-order valence-corrected chi connectivity index (χ4v) is 7.54. The number of carbonyl (C=O) groups excluding carboxylic acids is 2. The van der Waals surface area contributed by atoms with E-state index in [2.05, 4.69) is 30.4 Å². The minimum atomic E-state index is -5.29. The summed E-state index contributed by atoms with van der Waals surface area (Å²) < 4.78 is 242. The second-order valence-corrected chi connectivity index (χ2v) is 20.4. The van der Waals surface area contributed by atoms with E-state index in [9.17, 15) is 54.2 Å². The van der Waals surface area contributed by atoms with Crippen molar-refractivity contribution in [1.29, 1.82) is 0 Å². The molecule has 4 unspecified atom stereocenters. The second-order valence-electron chi connectivity index (χ2n) is 20.4. The summed E-state index contributed by atoms with van der Waals surface area (Å²) in [7, 11) is 0. The standard InChI is InChI=1S/C34H40F6N4O7.C17H18F6N4O3/c1-20-14-10-9-13-17-32(34(38,39)40,47-19-21-15-11-8-12-16-21)27-43-42-26(49-27)24-23(18-22(33(35,36)37)25(41-24)48-20)44(28(45)50-30(2,3)4)29(46)51-31(5,6)7;1-8-5-3-2-4-6-15(28,17(21,22)23)14-27-26-13(30-14)11-10(24)7-9(16(18,19)20)12(25-11)29-8/h8,11-12,15-16,18,20H,9-10,13-14,17,19H2,1-7H3;7-8,28H,2-6,24H2,1H3/t20-,32-;8-,15-/m11/s1/i9D,10D;2D,3D/t9?,10?,20-,32-;2?,3?,8-,15-. The van der Waals surface area contributed by atoms with Crippen molar-refractivity contribution in [1.82, 2.24) is 30.4 Å². The fourth-order valence-electron chi connectivity index (χ4n) is 7.54. The monoisotopic (exact) mass is 1170 g/mol. The van der Waals surface area contributed by atoms with Crippen LogP contribution in [0.4, 0.5) is 73.6 Å². The van der Waals surface area contributed by atoms with Gasteiger partial charge in [-0.15, -0.1) is 20.4 Å². The number of hydrogen-bond donors (Lipinski definition) is 2. The summed E-state index contributed by atoms with van der Waals surface area (Å²) in [4.78, 5) is 34.9. The normalized spacial score (nSPS) is 25.0. The van der Waals surface area contributed by atoms with Crippen LogP contribution in [0.2, 0.25) is 0 Å². The number of hydrogen-bond acceptors (Lipinski definition) is 17. The Morgan fingerprint density at radius 1 is 0.679 bits per heavy atom. The summed E-state index contributed by atoms with van der Waals surface area (Å²) in [6, 6.07) is 8.54. The third-order valence-corrected chi connectivity index (χ3v) is 11.4. The smallest absolute Gasteiger partial charge is 0.426 e. The number of carbonyl (C=O) groups is 2. The molecule has 5 aromatic rings. The SMILES string of the molecule is [2H]C1CC[C@](O)(C(F)(F)F)c2nnc(o2)-c2nc(c(C(F)(F)F)cc2N)O[C@H](C)CC1[2H].[2H]C1CC[C@](OCc2ccccc2)(C(F)(F)F)c2nnc(o2)-c2nc(c(C(F)(F)F)cc2N(C(=O)OC(C)(C)C)C(=O)OC(C)(C)C)O[C@H](C)CC1[2H]. The van der Waals surface area contributed by atoms with Gasteiger partial charge in [-0.2, -0.15) is 57.6 Å². The van der Waals surface area contributed by atoms with Gasteiger partial charge in [0.1, 0.15) is 22.3 Å². The van der Waals surface area contributed by atoms with Gasteiger partial charge in [0.15, 0.2) is 11.4 Å². The molecule has 0 fully saturated rings. The lowest BCUT2D eigenvalue weighted by molar-refractivity contribution is -0.300. The number of halogens is 12. The highest BCUT2D eigenvalue weighted by Gasteiger charge is 2.61. The first-order valence-corrected chi connectivity index (χ1v) is 24.5. The van der Waals surface area contributed by atoms with Crippen LogP contribution in [0.1, 0.15) is 153 Å². The first-order valence-electron chi connectivity index (χ1n) is 26.8. The van der Waals surface area contributed by atoms with Crippen LogP contribution < -0.4 is 20.1 Å². The molecule has 0 saturated carbocycles. The lowest BCUT2D eigenvalue weighted by Crippen LogP contribution is -2.45. The zero-order valence-electron chi connectivity index (χ0n) is 48.3. The number of anilines is 2. The quantitative estimate of drug-likeness (QED) is 0.159. The molecule has 4 aromatic heterocycles. The van der Waals surface area contributed by atoms with Gasteiger partial charge in [-0.25, -0.2) is 19.6 Å². The Hall–Kier alpha value is -6.98. The highest BCUT2D eigenvalue weighted by Crippen LogP contribution is 2.49. The zero-order chi connectivity index (χ0) is 63.8. The van der Waals surface area contributed by atoms with Crippen molar-refractivity contribution in [2.75, 3.05) is 10.6 Å². The molecule has 18 nitrogen and oxygen atoms in total. The number of fused-ring (bicyclic) bond motifs is 10. The first kappa shape index (κ1) is 57.3. The molecule has 81 heavy (non-hydrogen) atoms. The summed E-state index contributed by atoms with van der Waals surface area (Å²) in [5, 5.41) is 24.2. The topological polar surface area (TPSA) is 233 Å². The Balaban J connectivity index is 0.000000307. The summed E-state index contributed by atoms with van der Waals surface area (Å²) in [5.41, 5.74) is -9.79. The van der Waals surface area contributed by atoms with Gasteiger partial charge in [-0.3, -0.25) is 0 Å². The summed E-state index contributed by atoms with van der Waals surface area (Å²) in [5.74, 6) is -6.33. The van der Waals surface area contributed by atoms with Crippen LogP contribution in [-0.2, 0) is 44.4 Å². The van der Waals surface area contributed by atoms with Crippen molar-refractivity contribution in [3.05, 3.63) is 70.9 Å². The van der Waals surface area contributed by atoms with Gasteiger partial charge in [0.25, 0.3) is 23.6 Å². The van der Waals surface area contributed by atoms with Crippen molar-refractivity contribution in [3.63, 3.8) is 0 Å². The molecule has 2 aliphatic rings. The third kappa shape index (κ3) is 15.3. The fraction of sp³-hybridized carbons (Fsp3) is 0.569. The number of nitrogen functional groups attached to an aromatic ring is 1. The maximum Gasteiger partial charge on any atom is 0.426 e. The van der Waals surface area contributed by atoms with Gasteiger partial charge >= 0.3 is 36.9 Å². The molecular weight excluding hydrogens is 1110 g/mol. The molecule has 30 heteroatoms. The highest BCUT2D eigenvalue weighted by molar-refractivity contribution is 6.11. The largest absolute Gasteiger partial charge is 0.474 e. The summed E-state index contributed by atoms with van der Waals surface area (Å²) in [6.45, 7) is 10.5. The molecule has 2 aliphatic heterocycles. The third-order valence-electron chi connectivity index (χ3n) is 11.4. The number of nitrogens with zero attached hydrogens (tertiary/aromatic N) is 7. The Morgan fingerprint density at radius 3 is 1.64 bits per heavy atom. The van der Waals surface area contributed by atoms with Crippen molar-refractivity contribution in [3.8, 4) is 34.9 Å². The number of benzene rings is 1. The molecule has 8 atom stereocenters. The molecule has 1 aromatic carbocycles. The van der Waals surface area contributed by atoms with E-state index in [0.717, 1.165) is 0 Å². The molecule has 2 amide bonds. The van der Waals surface area contributed by atoms with Crippen LogP contribution >= 0.6 is 0 Å². The van der Waals surface area contributed by atoms with Crippen LogP contribution in [-0.4, -0.2) is 83.4 Å². The van der Waals surface area contributed by atoms with Gasteiger partial charge in [-0.1, -0.05) is 43.1 Å². The number of aromatic nitrogens is 6. The van der Waals surface area contributed by atoms with Crippen LogP contribution in [0.15, 0.2) is 51.3 Å². The van der Waals surface area contributed by atoms with Crippen LogP contribution in [0.25, 0.3) is 23.2 Å². The molecule has 0 saturated heterocycles. The molecule has 0 radical (unpaired) electrons. The van der Waals surface area contributed by atoms with E-state index in [1.165, 1.54) is 67.5 Å². The first-order chi connectivity index (χ1) is 38.9. The molecule has 7 rings (SSSR count). The van der Waals surface area contributed by atoms with Crippen LogP contribution in [0.5, 0.6) is 11.8 Å². The summed E-state index contributed by atoms with van der Waals surface area (Å²) in [6.07, 6.45) is -35.7. The van der Waals surface area contributed by atoms with Crippen molar-refractivity contribution in [2.45, 2.75) is 185 Å². The minimum Gasteiger partial charge on any atom is -0.474 e. The van der Waals surface area contributed by atoms with Crippen LogP contribution in [0, 0.1) is 0 Å². The van der Waals surface area contributed by atoms with E-state index in [0.29, 0.717) is 17.7 Å². The van der Waals surface area contributed by atoms with Gasteiger partial charge < -0.3 is 43.4 Å². The molecule has 446 valence electrons. The van der Waals surface area contributed by atoms with E-state index in [1.807, 2.05) is 0 Å². The summed E-state index contributed by atoms with van der Waals surface area (Å²) >= 11 is 0. The Morgan fingerprint density at radius 2 is 1.15 bits per heavy atom. The number of amides is 2. The van der Waals surface area contributed by atoms with Crippen molar-refractivity contribution < 1.29 is 105 Å². The zero-order valence-corrected chi connectivity index (χ0v) is 44.3. The predicted octanol–water partition coefficient (Wildman–Crippen LogP) is 13.7. The molecular formula is C51H58F12N8O10. The van der Waals surface area contributed by atoms with Gasteiger partial charge in [-0.05, 0) is 124 Å². The maximum atomic E-state index is 15.3. The van der Waals surface area contributed by atoms with E-state index in [1.54, 1.807) is 18.2 Å². The number of nitrogens with two attached hydrogens (primary N) is 1. The number of rotatable bonds is 4. The average molecular weight is 1180 g/mol. The van der Waals surface area contributed by atoms with Crippen LogP contribution in [0.3, 0.4) is 0 Å². The number of imide groups is 1. The average Bonchev–Trinajstić information content (AvgIpc) is 2.03. The Bertz CT molecular complexity index is 3120. The van der Waals surface area contributed by atoms with Crippen molar-refractivity contribution >= 4 is 23.6 Å². The lowest BCUT2D eigenvalue weighted by atomic mass is 9.94. The molecule has 0 spiro atoms. The van der Waals surface area contributed by atoms with Gasteiger partial charge in [0, 0.05) is 5.48 Å².